The van der Waals surface area contributed by atoms with Gasteiger partial charge < -0.3 is 20.3 Å². The first-order valence-electron chi connectivity index (χ1n) is 6.22. The van der Waals surface area contributed by atoms with E-state index in [-0.39, 0.29) is 19.2 Å². The Morgan fingerprint density at radius 1 is 1.38 bits per heavy atom. The Kier molecular flexibility index (Phi) is 5.24. The summed E-state index contributed by atoms with van der Waals surface area (Å²) in [6.45, 7) is 8.93. The van der Waals surface area contributed by atoms with Crippen LogP contribution in [0.5, 0.6) is 0 Å². The van der Waals surface area contributed by atoms with E-state index < -0.39 is 0 Å². The molecule has 0 atom stereocenters. The van der Waals surface area contributed by atoms with Crippen molar-refractivity contribution in [2.75, 3.05) is 26.2 Å². The van der Waals surface area contributed by atoms with Crippen molar-refractivity contribution in [2.45, 2.75) is 39.1 Å². The lowest BCUT2D eigenvalue weighted by molar-refractivity contribution is 0.171. The number of rotatable bonds is 5. The van der Waals surface area contributed by atoms with Gasteiger partial charge in [-0.1, -0.05) is 0 Å². The SMILES string of the molecule is CB(O)N1CCC(CNC(C)(C)CO)CC1. The summed E-state index contributed by atoms with van der Waals surface area (Å²) in [4.78, 5) is 2.10. The van der Waals surface area contributed by atoms with Crippen molar-refractivity contribution in [2.24, 2.45) is 5.92 Å². The van der Waals surface area contributed by atoms with Crippen LogP contribution in [0, 0.1) is 5.92 Å². The van der Waals surface area contributed by atoms with Crippen LogP contribution < -0.4 is 5.32 Å². The molecule has 0 amide bonds. The average molecular weight is 228 g/mol. The minimum Gasteiger partial charge on any atom is -0.437 e. The van der Waals surface area contributed by atoms with Crippen molar-refractivity contribution in [1.29, 1.82) is 0 Å². The van der Waals surface area contributed by atoms with E-state index in [0.717, 1.165) is 32.5 Å². The van der Waals surface area contributed by atoms with Gasteiger partial charge in [-0.15, -0.1) is 0 Å². The second-order valence-corrected chi connectivity index (χ2v) is 5.53. The van der Waals surface area contributed by atoms with Crippen LogP contribution in [0.25, 0.3) is 0 Å². The molecule has 3 N–H and O–H groups in total. The molecule has 0 aromatic rings. The quantitative estimate of drug-likeness (QED) is 0.587. The van der Waals surface area contributed by atoms with E-state index in [1.165, 1.54) is 0 Å². The summed E-state index contributed by atoms with van der Waals surface area (Å²) < 4.78 is 0. The molecule has 4 nitrogen and oxygen atoms in total. The first-order chi connectivity index (χ1) is 7.44. The highest BCUT2D eigenvalue weighted by Crippen LogP contribution is 2.17. The van der Waals surface area contributed by atoms with Crippen LogP contribution in [0.2, 0.25) is 6.82 Å². The van der Waals surface area contributed by atoms with Gasteiger partial charge >= 0.3 is 7.05 Å². The molecule has 1 aliphatic heterocycles. The Balaban J connectivity index is 2.22. The monoisotopic (exact) mass is 228 g/mol. The van der Waals surface area contributed by atoms with E-state index in [2.05, 4.69) is 10.1 Å². The molecule has 0 aromatic heterocycles. The average Bonchev–Trinajstić information content (AvgIpc) is 2.27. The van der Waals surface area contributed by atoms with Gasteiger partial charge in [-0.2, -0.15) is 0 Å². The van der Waals surface area contributed by atoms with Crippen molar-refractivity contribution < 1.29 is 10.1 Å². The van der Waals surface area contributed by atoms with Crippen LogP contribution in [0.3, 0.4) is 0 Å². The molecule has 0 bridgehead atoms. The van der Waals surface area contributed by atoms with E-state index in [4.69, 9.17) is 5.11 Å². The lowest BCUT2D eigenvalue weighted by Gasteiger charge is -2.34. The molecule has 0 saturated carbocycles. The van der Waals surface area contributed by atoms with Gasteiger partial charge in [0.15, 0.2) is 0 Å². The summed E-state index contributed by atoms with van der Waals surface area (Å²) in [6, 6.07) is 0. The van der Waals surface area contributed by atoms with E-state index >= 15 is 0 Å². The molecule has 1 heterocycles. The molecule has 1 rings (SSSR count). The molecule has 0 unspecified atom stereocenters. The first kappa shape index (κ1) is 14.0. The van der Waals surface area contributed by atoms with Crippen LogP contribution in [0.1, 0.15) is 26.7 Å². The molecular weight excluding hydrogens is 203 g/mol. The standard InChI is InChI=1S/C11H25BN2O2/c1-11(2,9-15)13-8-10-4-6-14(7-5-10)12(3)16/h10,13,15-16H,4-9H2,1-3H3. The van der Waals surface area contributed by atoms with Gasteiger partial charge in [0.1, 0.15) is 0 Å². The summed E-state index contributed by atoms with van der Waals surface area (Å²) in [5, 5.41) is 22.0. The summed E-state index contributed by atoms with van der Waals surface area (Å²) in [5.41, 5.74) is -0.179. The highest BCUT2D eigenvalue weighted by molar-refractivity contribution is 6.45. The van der Waals surface area contributed by atoms with Gasteiger partial charge in [-0.05, 0) is 59.1 Å². The number of piperidine rings is 1. The predicted molar refractivity (Wildman–Crippen MR) is 67.3 cm³/mol. The molecule has 0 spiro atoms. The fraction of sp³-hybridized carbons (Fsp3) is 1.00. The third-order valence-corrected chi connectivity index (χ3v) is 3.44. The van der Waals surface area contributed by atoms with Gasteiger partial charge in [0, 0.05) is 5.54 Å². The minimum absolute atomic E-state index is 0.166. The van der Waals surface area contributed by atoms with Gasteiger partial charge in [-0.25, -0.2) is 0 Å². The van der Waals surface area contributed by atoms with Crippen molar-refractivity contribution in [1.82, 2.24) is 10.1 Å². The molecule has 5 heteroatoms. The largest absolute Gasteiger partial charge is 0.437 e. The summed E-state index contributed by atoms with van der Waals surface area (Å²) in [6.07, 6.45) is 2.25. The van der Waals surface area contributed by atoms with Gasteiger partial charge in [0.25, 0.3) is 0 Å². The minimum atomic E-state index is -0.317. The second-order valence-electron chi connectivity index (χ2n) is 5.53. The number of hydrogen-bond donors (Lipinski definition) is 3. The summed E-state index contributed by atoms with van der Waals surface area (Å²) >= 11 is 0. The zero-order valence-electron chi connectivity index (χ0n) is 10.7. The Morgan fingerprint density at radius 3 is 2.38 bits per heavy atom. The topological polar surface area (TPSA) is 55.7 Å². The van der Waals surface area contributed by atoms with Crippen molar-refractivity contribution in [3.8, 4) is 0 Å². The molecule has 94 valence electrons. The third kappa shape index (κ3) is 4.41. The third-order valence-electron chi connectivity index (χ3n) is 3.44. The Morgan fingerprint density at radius 2 is 1.94 bits per heavy atom. The molecule has 1 aliphatic rings. The molecule has 0 radical (unpaired) electrons. The lowest BCUT2D eigenvalue weighted by atomic mass is 9.81. The fourth-order valence-corrected chi connectivity index (χ4v) is 2.01. The molecule has 1 saturated heterocycles. The second kappa shape index (κ2) is 6.01. The summed E-state index contributed by atoms with van der Waals surface area (Å²) in [7, 11) is -0.317. The van der Waals surface area contributed by atoms with Crippen molar-refractivity contribution in [3.63, 3.8) is 0 Å². The van der Waals surface area contributed by atoms with Crippen molar-refractivity contribution >= 4 is 7.05 Å². The first-order valence-corrected chi connectivity index (χ1v) is 6.22. The van der Waals surface area contributed by atoms with E-state index in [9.17, 15) is 5.02 Å². The summed E-state index contributed by atoms with van der Waals surface area (Å²) in [5.74, 6) is 0.667. The fourth-order valence-electron chi connectivity index (χ4n) is 2.01. The van der Waals surface area contributed by atoms with E-state index in [1.54, 1.807) is 0 Å². The van der Waals surface area contributed by atoms with E-state index in [0.29, 0.717) is 5.92 Å². The number of hydrogen-bond acceptors (Lipinski definition) is 4. The maximum atomic E-state index is 9.44. The van der Waals surface area contributed by atoms with Crippen LogP contribution in [0.15, 0.2) is 0 Å². The normalized spacial score (nSPS) is 20.1. The van der Waals surface area contributed by atoms with Crippen LogP contribution in [-0.4, -0.2) is 53.8 Å². The molecule has 0 aliphatic carbocycles. The van der Waals surface area contributed by atoms with Gasteiger partial charge in [-0.3, -0.25) is 0 Å². The number of aliphatic hydroxyl groups is 1. The highest BCUT2D eigenvalue weighted by Gasteiger charge is 2.25. The zero-order chi connectivity index (χ0) is 12.2. The van der Waals surface area contributed by atoms with Gasteiger partial charge in [0.05, 0.1) is 6.61 Å². The molecule has 1 fully saturated rings. The Labute approximate surface area is 99.2 Å². The van der Waals surface area contributed by atoms with Crippen LogP contribution >= 0.6 is 0 Å². The van der Waals surface area contributed by atoms with Crippen LogP contribution in [0.4, 0.5) is 0 Å². The van der Waals surface area contributed by atoms with Crippen LogP contribution in [-0.2, 0) is 0 Å². The highest BCUT2D eigenvalue weighted by atomic mass is 16.3. The number of aliphatic hydroxyl groups excluding tert-OH is 1. The maximum Gasteiger partial charge on any atom is 0.376 e. The lowest BCUT2D eigenvalue weighted by Crippen LogP contribution is -2.48. The van der Waals surface area contributed by atoms with E-state index in [1.807, 2.05) is 20.7 Å². The smallest absolute Gasteiger partial charge is 0.376 e. The zero-order valence-corrected chi connectivity index (χ0v) is 10.7. The molecule has 0 aromatic carbocycles. The van der Waals surface area contributed by atoms with Crippen molar-refractivity contribution in [3.05, 3.63) is 0 Å². The Bertz CT molecular complexity index is 204. The molecular formula is C11H25BN2O2. The number of nitrogens with zero attached hydrogens (tertiary/aromatic N) is 1. The molecule has 16 heavy (non-hydrogen) atoms. The maximum absolute atomic E-state index is 9.44. The van der Waals surface area contributed by atoms with Gasteiger partial charge in [0.2, 0.25) is 0 Å². The predicted octanol–water partition coefficient (Wildman–Crippen LogP) is 0.169. The Hall–Kier alpha value is -0.0951. The number of nitrogens with one attached hydrogen (secondary N) is 1.